The fourth-order valence-corrected chi connectivity index (χ4v) is 3.04. The van der Waals surface area contributed by atoms with Crippen molar-refractivity contribution in [2.75, 3.05) is 31.5 Å². The quantitative estimate of drug-likeness (QED) is 0.797. The smallest absolute Gasteiger partial charge is 0.254 e. The largest absolute Gasteiger partial charge is 0.508 e. The van der Waals surface area contributed by atoms with Crippen molar-refractivity contribution in [3.05, 3.63) is 72.3 Å². The third kappa shape index (κ3) is 4.37. The SMILES string of the molecule is C=CC(=O)Nc1cccc(C(=O)N2CCN(C(=O)c3cccc(O)c3)CC2)c1. The van der Waals surface area contributed by atoms with Crippen LogP contribution in [0.2, 0.25) is 0 Å². The molecule has 3 amide bonds. The van der Waals surface area contributed by atoms with E-state index in [0.29, 0.717) is 43.0 Å². The molecule has 3 rings (SSSR count). The van der Waals surface area contributed by atoms with Gasteiger partial charge in [0.15, 0.2) is 0 Å². The summed E-state index contributed by atoms with van der Waals surface area (Å²) in [7, 11) is 0. The van der Waals surface area contributed by atoms with Crippen molar-refractivity contribution in [1.82, 2.24) is 9.80 Å². The summed E-state index contributed by atoms with van der Waals surface area (Å²) in [6, 6.07) is 12.9. The summed E-state index contributed by atoms with van der Waals surface area (Å²) in [5.41, 5.74) is 1.41. The van der Waals surface area contributed by atoms with E-state index in [2.05, 4.69) is 11.9 Å². The molecule has 2 aromatic carbocycles. The maximum absolute atomic E-state index is 12.8. The zero-order chi connectivity index (χ0) is 20.1. The van der Waals surface area contributed by atoms with Crippen molar-refractivity contribution >= 4 is 23.4 Å². The number of piperazine rings is 1. The van der Waals surface area contributed by atoms with E-state index in [-0.39, 0.29) is 23.5 Å². The molecule has 0 saturated carbocycles. The van der Waals surface area contributed by atoms with E-state index >= 15 is 0 Å². The minimum Gasteiger partial charge on any atom is -0.508 e. The number of nitrogens with zero attached hydrogens (tertiary/aromatic N) is 2. The molecule has 1 fully saturated rings. The van der Waals surface area contributed by atoms with Gasteiger partial charge in [0.1, 0.15) is 5.75 Å². The molecule has 1 aliphatic heterocycles. The zero-order valence-electron chi connectivity index (χ0n) is 15.3. The van der Waals surface area contributed by atoms with Gasteiger partial charge in [-0.25, -0.2) is 0 Å². The van der Waals surface area contributed by atoms with Gasteiger partial charge in [0.25, 0.3) is 11.8 Å². The summed E-state index contributed by atoms with van der Waals surface area (Å²) in [4.78, 5) is 40.1. The van der Waals surface area contributed by atoms with Gasteiger partial charge in [-0.1, -0.05) is 18.7 Å². The molecule has 0 unspecified atom stereocenters. The van der Waals surface area contributed by atoms with Crippen LogP contribution in [0.5, 0.6) is 5.75 Å². The molecule has 144 valence electrons. The van der Waals surface area contributed by atoms with Crippen LogP contribution in [-0.2, 0) is 4.79 Å². The number of hydrogen-bond acceptors (Lipinski definition) is 4. The second-order valence-electron chi connectivity index (χ2n) is 6.41. The number of aromatic hydroxyl groups is 1. The lowest BCUT2D eigenvalue weighted by Gasteiger charge is -2.35. The zero-order valence-corrected chi connectivity index (χ0v) is 15.3. The van der Waals surface area contributed by atoms with Gasteiger partial charge >= 0.3 is 0 Å². The number of phenolic OH excluding ortho intramolecular Hbond substituents is 1. The van der Waals surface area contributed by atoms with Gasteiger partial charge < -0.3 is 20.2 Å². The van der Waals surface area contributed by atoms with Crippen LogP contribution in [0.1, 0.15) is 20.7 Å². The predicted molar refractivity (Wildman–Crippen MR) is 105 cm³/mol. The Morgan fingerprint density at radius 1 is 0.893 bits per heavy atom. The van der Waals surface area contributed by atoms with E-state index in [9.17, 15) is 19.5 Å². The average Bonchev–Trinajstić information content (AvgIpc) is 2.73. The first kappa shape index (κ1) is 19.2. The molecule has 0 aromatic heterocycles. The first-order valence-electron chi connectivity index (χ1n) is 8.89. The van der Waals surface area contributed by atoms with Crippen molar-refractivity contribution in [3.8, 4) is 5.75 Å². The van der Waals surface area contributed by atoms with Crippen LogP contribution in [0.3, 0.4) is 0 Å². The summed E-state index contributed by atoms with van der Waals surface area (Å²) in [5, 5.41) is 12.2. The Morgan fingerprint density at radius 2 is 1.43 bits per heavy atom. The number of nitrogens with one attached hydrogen (secondary N) is 1. The average molecular weight is 379 g/mol. The first-order chi connectivity index (χ1) is 13.5. The Balaban J connectivity index is 1.62. The van der Waals surface area contributed by atoms with Crippen LogP contribution >= 0.6 is 0 Å². The highest BCUT2D eigenvalue weighted by Gasteiger charge is 2.25. The van der Waals surface area contributed by atoms with E-state index in [1.165, 1.54) is 12.1 Å². The molecule has 0 radical (unpaired) electrons. The Kier molecular flexibility index (Phi) is 5.74. The van der Waals surface area contributed by atoms with Crippen molar-refractivity contribution < 1.29 is 19.5 Å². The van der Waals surface area contributed by atoms with Gasteiger partial charge in [-0.15, -0.1) is 0 Å². The molecule has 1 saturated heterocycles. The maximum atomic E-state index is 12.8. The standard InChI is InChI=1S/C21H21N3O4/c1-2-19(26)22-17-7-3-5-15(13-17)20(27)23-9-11-24(12-10-23)21(28)16-6-4-8-18(25)14-16/h2-8,13-14,25H,1,9-12H2,(H,22,26). The van der Waals surface area contributed by atoms with Crippen LogP contribution in [-0.4, -0.2) is 58.8 Å². The second kappa shape index (κ2) is 8.39. The van der Waals surface area contributed by atoms with E-state index in [1.54, 1.807) is 46.2 Å². The fraction of sp³-hybridized carbons (Fsp3) is 0.190. The van der Waals surface area contributed by atoms with Crippen molar-refractivity contribution in [3.63, 3.8) is 0 Å². The third-order valence-corrected chi connectivity index (χ3v) is 4.51. The number of amides is 3. The van der Waals surface area contributed by atoms with Crippen molar-refractivity contribution in [2.24, 2.45) is 0 Å². The minimum atomic E-state index is -0.344. The number of carbonyl (C=O) groups is 3. The van der Waals surface area contributed by atoms with Crippen LogP contribution in [0.15, 0.2) is 61.2 Å². The molecule has 2 aromatic rings. The molecule has 0 aliphatic carbocycles. The summed E-state index contributed by atoms with van der Waals surface area (Å²) in [5.74, 6) is -0.622. The normalized spacial score (nSPS) is 13.7. The maximum Gasteiger partial charge on any atom is 0.254 e. The highest BCUT2D eigenvalue weighted by atomic mass is 16.3. The van der Waals surface area contributed by atoms with Gasteiger partial charge in [-0.2, -0.15) is 0 Å². The highest BCUT2D eigenvalue weighted by Crippen LogP contribution is 2.17. The Labute approximate surface area is 162 Å². The first-order valence-corrected chi connectivity index (χ1v) is 8.89. The Morgan fingerprint density at radius 3 is 1.96 bits per heavy atom. The lowest BCUT2D eigenvalue weighted by molar-refractivity contribution is -0.111. The molecule has 0 spiro atoms. The van der Waals surface area contributed by atoms with E-state index in [4.69, 9.17) is 0 Å². The fourth-order valence-electron chi connectivity index (χ4n) is 3.04. The van der Waals surface area contributed by atoms with Gasteiger partial charge in [0.05, 0.1) is 0 Å². The molecule has 2 N–H and O–H groups in total. The molecule has 1 aliphatic rings. The molecular weight excluding hydrogens is 358 g/mol. The van der Waals surface area contributed by atoms with Gasteiger partial charge in [-0.05, 0) is 42.5 Å². The number of hydrogen-bond donors (Lipinski definition) is 2. The third-order valence-electron chi connectivity index (χ3n) is 4.51. The number of benzene rings is 2. The lowest BCUT2D eigenvalue weighted by Crippen LogP contribution is -2.50. The molecule has 0 bridgehead atoms. The van der Waals surface area contributed by atoms with Crippen LogP contribution in [0, 0.1) is 0 Å². The second-order valence-corrected chi connectivity index (χ2v) is 6.41. The summed E-state index contributed by atoms with van der Waals surface area (Å²) in [6.07, 6.45) is 1.16. The van der Waals surface area contributed by atoms with Crippen LogP contribution in [0.25, 0.3) is 0 Å². The number of rotatable bonds is 4. The Hall–Kier alpha value is -3.61. The molecule has 28 heavy (non-hydrogen) atoms. The monoisotopic (exact) mass is 379 g/mol. The number of anilines is 1. The molecule has 0 atom stereocenters. The topological polar surface area (TPSA) is 90.0 Å². The van der Waals surface area contributed by atoms with Crippen LogP contribution in [0.4, 0.5) is 5.69 Å². The molecule has 7 heteroatoms. The van der Waals surface area contributed by atoms with E-state index in [0.717, 1.165) is 6.08 Å². The summed E-state index contributed by atoms with van der Waals surface area (Å²) < 4.78 is 0. The number of carbonyl (C=O) groups excluding carboxylic acids is 3. The summed E-state index contributed by atoms with van der Waals surface area (Å²) in [6.45, 7) is 5.04. The van der Waals surface area contributed by atoms with Gasteiger partial charge in [0, 0.05) is 43.0 Å². The molecular formula is C21H21N3O4. The predicted octanol–water partition coefficient (Wildman–Crippen LogP) is 2.11. The highest BCUT2D eigenvalue weighted by molar-refractivity contribution is 6.01. The van der Waals surface area contributed by atoms with Crippen molar-refractivity contribution in [2.45, 2.75) is 0 Å². The van der Waals surface area contributed by atoms with Gasteiger partial charge in [0.2, 0.25) is 5.91 Å². The summed E-state index contributed by atoms with van der Waals surface area (Å²) >= 11 is 0. The Bertz CT molecular complexity index is 917. The molecule has 7 nitrogen and oxygen atoms in total. The molecule has 1 heterocycles. The lowest BCUT2D eigenvalue weighted by atomic mass is 10.1. The van der Waals surface area contributed by atoms with Crippen molar-refractivity contribution in [1.29, 1.82) is 0 Å². The van der Waals surface area contributed by atoms with E-state index in [1.807, 2.05) is 0 Å². The minimum absolute atomic E-state index is 0.0445. The number of phenols is 1. The van der Waals surface area contributed by atoms with E-state index < -0.39 is 0 Å². The van der Waals surface area contributed by atoms with Gasteiger partial charge in [-0.3, -0.25) is 14.4 Å². The van der Waals surface area contributed by atoms with Crippen LogP contribution < -0.4 is 5.32 Å².